The normalized spacial score (nSPS) is 18.4. The first-order chi connectivity index (χ1) is 12.3. The molecule has 126 valence electrons. The van der Waals surface area contributed by atoms with E-state index in [1.165, 1.54) is 10.4 Å². The number of amides is 1. The maximum atomic E-state index is 12.8. The Labute approximate surface area is 149 Å². The first-order valence-electron chi connectivity index (χ1n) is 8.54. The van der Waals surface area contributed by atoms with Crippen molar-refractivity contribution in [3.05, 3.63) is 58.0 Å². The summed E-state index contributed by atoms with van der Waals surface area (Å²) in [6.45, 7) is 0. The highest BCUT2D eigenvalue weighted by atomic mass is 32.1. The molecule has 0 spiro atoms. The summed E-state index contributed by atoms with van der Waals surface area (Å²) in [5, 5.41) is 9.91. The van der Waals surface area contributed by atoms with Crippen LogP contribution in [-0.4, -0.2) is 13.0 Å². The van der Waals surface area contributed by atoms with E-state index in [1.807, 2.05) is 24.3 Å². The monoisotopic (exact) mass is 350 g/mol. The Morgan fingerprint density at radius 1 is 1.12 bits per heavy atom. The Bertz CT molecular complexity index is 1010. The molecule has 1 amide bonds. The van der Waals surface area contributed by atoms with Crippen molar-refractivity contribution in [1.29, 1.82) is 0 Å². The lowest BCUT2D eigenvalue weighted by Crippen LogP contribution is -2.38. The number of anilines is 1. The highest BCUT2D eigenvalue weighted by Crippen LogP contribution is 2.44. The van der Waals surface area contributed by atoms with E-state index in [-0.39, 0.29) is 12.1 Å². The number of fused-ring (bicyclic) bond motifs is 4. The van der Waals surface area contributed by atoms with E-state index in [2.05, 4.69) is 22.8 Å². The zero-order chi connectivity index (χ0) is 17.0. The lowest BCUT2D eigenvalue weighted by molar-refractivity contribution is 0.0935. The second-order valence-corrected chi connectivity index (χ2v) is 7.62. The molecule has 25 heavy (non-hydrogen) atoms. The molecule has 2 N–H and O–H groups in total. The molecule has 5 heteroatoms. The average Bonchev–Trinajstić information content (AvgIpc) is 3.21. The standard InChI is InChI=1S/C20H18N2O2S/c1-24-14-10-9-11-5-2-3-6-12(11)16(14)18-21-19(23)17-13-7-4-8-15(13)25-20(17)22-18/h2-3,5-6,9-10,18,22H,4,7-8H2,1H3,(H,21,23)/t18-/m1/s1. The number of hydrogen-bond donors (Lipinski definition) is 2. The molecule has 1 aromatic heterocycles. The summed E-state index contributed by atoms with van der Waals surface area (Å²) in [4.78, 5) is 14.2. The van der Waals surface area contributed by atoms with E-state index in [9.17, 15) is 4.79 Å². The maximum absolute atomic E-state index is 12.8. The van der Waals surface area contributed by atoms with Gasteiger partial charge in [-0.3, -0.25) is 4.79 Å². The number of nitrogens with one attached hydrogen (secondary N) is 2. The van der Waals surface area contributed by atoms with Crippen LogP contribution in [0.1, 0.15) is 38.9 Å². The lowest BCUT2D eigenvalue weighted by atomic mass is 9.99. The van der Waals surface area contributed by atoms with E-state index >= 15 is 0 Å². The van der Waals surface area contributed by atoms with Crippen molar-refractivity contribution in [2.24, 2.45) is 0 Å². The largest absolute Gasteiger partial charge is 0.496 e. The van der Waals surface area contributed by atoms with E-state index < -0.39 is 0 Å². The summed E-state index contributed by atoms with van der Waals surface area (Å²) in [6, 6.07) is 12.2. The second kappa shape index (κ2) is 5.49. The molecule has 5 rings (SSSR count). The van der Waals surface area contributed by atoms with Crippen molar-refractivity contribution in [2.45, 2.75) is 25.4 Å². The molecule has 0 saturated heterocycles. The van der Waals surface area contributed by atoms with E-state index in [0.29, 0.717) is 0 Å². The minimum absolute atomic E-state index is 0.0214. The highest BCUT2D eigenvalue weighted by Gasteiger charge is 2.34. The summed E-state index contributed by atoms with van der Waals surface area (Å²) in [5.74, 6) is 0.803. The van der Waals surface area contributed by atoms with Gasteiger partial charge in [0.25, 0.3) is 5.91 Å². The Morgan fingerprint density at radius 2 is 2.00 bits per heavy atom. The number of methoxy groups -OCH3 is 1. The van der Waals surface area contributed by atoms with Gasteiger partial charge >= 0.3 is 0 Å². The first kappa shape index (κ1) is 14.8. The lowest BCUT2D eigenvalue weighted by Gasteiger charge is -2.28. The van der Waals surface area contributed by atoms with Crippen molar-refractivity contribution in [2.75, 3.05) is 12.4 Å². The van der Waals surface area contributed by atoms with Crippen LogP contribution >= 0.6 is 11.3 Å². The molecule has 3 aromatic rings. The molecular formula is C20H18N2O2S. The molecule has 0 radical (unpaired) electrons. The quantitative estimate of drug-likeness (QED) is 0.726. The van der Waals surface area contributed by atoms with Crippen LogP contribution < -0.4 is 15.4 Å². The minimum atomic E-state index is -0.292. The van der Waals surface area contributed by atoms with Crippen molar-refractivity contribution in [3.63, 3.8) is 0 Å². The number of carbonyl (C=O) groups excluding carboxylic acids is 1. The Kier molecular flexibility index (Phi) is 3.25. The number of aryl methyl sites for hydroxylation is 1. The van der Waals surface area contributed by atoms with Gasteiger partial charge in [-0.2, -0.15) is 0 Å². The van der Waals surface area contributed by atoms with Crippen LogP contribution in [-0.2, 0) is 12.8 Å². The van der Waals surface area contributed by atoms with Crippen molar-refractivity contribution in [3.8, 4) is 5.75 Å². The number of hydrogen-bond acceptors (Lipinski definition) is 4. The molecule has 0 bridgehead atoms. The van der Waals surface area contributed by atoms with Crippen molar-refractivity contribution >= 4 is 33.0 Å². The van der Waals surface area contributed by atoms with Crippen molar-refractivity contribution < 1.29 is 9.53 Å². The van der Waals surface area contributed by atoms with Crippen LogP contribution in [0.2, 0.25) is 0 Å². The van der Waals surface area contributed by atoms with Crippen LogP contribution in [0.15, 0.2) is 36.4 Å². The Hall–Kier alpha value is -2.53. The zero-order valence-corrected chi connectivity index (χ0v) is 14.7. The molecule has 2 aliphatic rings. The topological polar surface area (TPSA) is 50.4 Å². The van der Waals surface area contributed by atoms with Gasteiger partial charge in [-0.05, 0) is 41.7 Å². The van der Waals surface area contributed by atoms with Gasteiger partial charge in [0, 0.05) is 10.4 Å². The highest BCUT2D eigenvalue weighted by molar-refractivity contribution is 7.16. The van der Waals surface area contributed by atoms with Gasteiger partial charge in [-0.25, -0.2) is 0 Å². The fraction of sp³-hybridized carbons (Fsp3) is 0.250. The van der Waals surface area contributed by atoms with Gasteiger partial charge in [-0.1, -0.05) is 30.3 Å². The van der Waals surface area contributed by atoms with E-state index in [4.69, 9.17) is 4.74 Å². The van der Waals surface area contributed by atoms with Gasteiger partial charge in [0.2, 0.25) is 0 Å². The number of rotatable bonds is 2. The molecule has 1 atom stereocenters. The molecule has 1 aliphatic heterocycles. The maximum Gasteiger partial charge on any atom is 0.256 e. The number of thiophene rings is 1. The predicted octanol–water partition coefficient (Wildman–Crippen LogP) is 4.25. The number of benzene rings is 2. The summed E-state index contributed by atoms with van der Waals surface area (Å²) in [5.41, 5.74) is 3.08. The molecule has 0 fully saturated rings. The van der Waals surface area contributed by atoms with Gasteiger partial charge < -0.3 is 15.4 Å². The summed E-state index contributed by atoms with van der Waals surface area (Å²) >= 11 is 1.73. The van der Waals surface area contributed by atoms with Gasteiger partial charge in [0.15, 0.2) is 0 Å². The molecular weight excluding hydrogens is 332 g/mol. The molecule has 2 aromatic carbocycles. The first-order valence-corrected chi connectivity index (χ1v) is 9.35. The van der Waals surface area contributed by atoms with Crippen molar-refractivity contribution in [1.82, 2.24) is 5.32 Å². The molecule has 0 unspecified atom stereocenters. The van der Waals surface area contributed by atoms with E-state index in [1.54, 1.807) is 18.4 Å². The number of ether oxygens (including phenoxy) is 1. The fourth-order valence-electron chi connectivity index (χ4n) is 4.01. The van der Waals surface area contributed by atoms with Gasteiger partial charge in [0.1, 0.15) is 16.9 Å². The molecule has 2 heterocycles. The average molecular weight is 350 g/mol. The van der Waals surface area contributed by atoms with E-state index in [0.717, 1.165) is 51.9 Å². The van der Waals surface area contributed by atoms with Crippen LogP contribution in [0, 0.1) is 0 Å². The summed E-state index contributed by atoms with van der Waals surface area (Å²) < 4.78 is 5.60. The summed E-state index contributed by atoms with van der Waals surface area (Å²) in [6.07, 6.45) is 2.96. The van der Waals surface area contributed by atoms with Crippen LogP contribution in [0.25, 0.3) is 10.8 Å². The second-order valence-electron chi connectivity index (χ2n) is 6.51. The van der Waals surface area contributed by atoms with Gasteiger partial charge in [-0.15, -0.1) is 11.3 Å². The molecule has 0 saturated carbocycles. The molecule has 4 nitrogen and oxygen atoms in total. The Balaban J connectivity index is 1.65. The summed E-state index contributed by atoms with van der Waals surface area (Å²) in [7, 11) is 1.67. The van der Waals surface area contributed by atoms with Crippen LogP contribution in [0.3, 0.4) is 0 Å². The fourth-order valence-corrected chi connectivity index (χ4v) is 5.33. The number of carbonyl (C=O) groups is 1. The SMILES string of the molecule is COc1ccc2ccccc2c1[C@@H]1NC(=O)c2c(sc3c2CCC3)N1. The smallest absolute Gasteiger partial charge is 0.256 e. The minimum Gasteiger partial charge on any atom is -0.496 e. The third kappa shape index (κ3) is 2.15. The van der Waals surface area contributed by atoms with Crippen LogP contribution in [0.4, 0.5) is 5.00 Å². The third-order valence-electron chi connectivity index (χ3n) is 5.14. The third-order valence-corrected chi connectivity index (χ3v) is 6.36. The van der Waals surface area contributed by atoms with Gasteiger partial charge in [0.05, 0.1) is 12.7 Å². The van der Waals surface area contributed by atoms with Crippen LogP contribution in [0.5, 0.6) is 5.75 Å². The molecule has 1 aliphatic carbocycles. The predicted molar refractivity (Wildman–Crippen MR) is 101 cm³/mol. The Morgan fingerprint density at radius 3 is 2.88 bits per heavy atom. The zero-order valence-electron chi connectivity index (χ0n) is 13.9.